The van der Waals surface area contributed by atoms with E-state index in [0.29, 0.717) is 27.2 Å². The molecule has 0 saturated heterocycles. The molecule has 5 nitrogen and oxygen atoms in total. The van der Waals surface area contributed by atoms with Crippen LogP contribution >= 0.6 is 34.5 Å². The first kappa shape index (κ1) is 19.7. The van der Waals surface area contributed by atoms with Gasteiger partial charge in [0, 0.05) is 16.0 Å². The van der Waals surface area contributed by atoms with E-state index in [4.69, 9.17) is 23.2 Å². The predicted octanol–water partition coefficient (Wildman–Crippen LogP) is 4.27. The molecule has 2 rings (SSSR count). The molecular weight excluding hydrogens is 383 g/mol. The maximum atomic E-state index is 12.2. The van der Waals surface area contributed by atoms with Crippen LogP contribution in [0.25, 0.3) is 10.6 Å². The van der Waals surface area contributed by atoms with Crippen LogP contribution in [0.5, 0.6) is 0 Å². The summed E-state index contributed by atoms with van der Waals surface area (Å²) in [6, 6.07) is 4.23. The summed E-state index contributed by atoms with van der Waals surface area (Å²) >= 11 is 13.4. The molecule has 0 unspecified atom stereocenters. The molecular formula is C17H18Cl2N2O3S. The number of carboxylic acids is 1. The number of aromatic nitrogens is 1. The molecule has 0 spiro atoms. The molecule has 2 atom stereocenters. The standard InChI is InChI=1S/C17H18Cl2N2O3S/c1-3-9(2)15(17(23)24)21-14(22)7-11-8-25-16(20-11)12-5-4-10(18)6-13(12)19/h4-6,8-9,15H,3,7H2,1-2H3,(H,21,22)(H,23,24)/t9-,15-/m0/s1. The minimum absolute atomic E-state index is 0.0158. The van der Waals surface area contributed by atoms with Crippen molar-refractivity contribution in [3.05, 3.63) is 39.3 Å². The van der Waals surface area contributed by atoms with Crippen molar-refractivity contribution in [2.24, 2.45) is 5.92 Å². The van der Waals surface area contributed by atoms with Gasteiger partial charge in [-0.3, -0.25) is 4.79 Å². The lowest BCUT2D eigenvalue weighted by atomic mass is 9.99. The lowest BCUT2D eigenvalue weighted by Crippen LogP contribution is -2.45. The Morgan fingerprint density at radius 2 is 2.08 bits per heavy atom. The number of amides is 1. The summed E-state index contributed by atoms with van der Waals surface area (Å²) in [6.07, 6.45) is 0.676. The molecule has 0 saturated carbocycles. The van der Waals surface area contributed by atoms with E-state index in [-0.39, 0.29) is 18.2 Å². The predicted molar refractivity (Wildman–Crippen MR) is 100 cm³/mol. The Labute approximate surface area is 160 Å². The maximum Gasteiger partial charge on any atom is 0.326 e. The second kappa shape index (κ2) is 8.65. The second-order valence-corrected chi connectivity index (χ2v) is 7.42. The molecule has 8 heteroatoms. The normalized spacial score (nSPS) is 13.3. The number of carbonyl (C=O) groups excluding carboxylic acids is 1. The van der Waals surface area contributed by atoms with Crippen LogP contribution in [-0.2, 0) is 16.0 Å². The molecule has 25 heavy (non-hydrogen) atoms. The summed E-state index contributed by atoms with van der Waals surface area (Å²) in [5.74, 6) is -1.55. The number of halogens is 2. The molecule has 1 amide bonds. The van der Waals surface area contributed by atoms with E-state index in [1.165, 1.54) is 11.3 Å². The van der Waals surface area contributed by atoms with E-state index in [1.807, 2.05) is 6.92 Å². The van der Waals surface area contributed by atoms with Gasteiger partial charge in [0.25, 0.3) is 0 Å². The zero-order valence-corrected chi connectivity index (χ0v) is 16.1. The lowest BCUT2D eigenvalue weighted by molar-refractivity contribution is -0.143. The minimum atomic E-state index is -1.03. The summed E-state index contributed by atoms with van der Waals surface area (Å²) in [6.45, 7) is 3.68. The van der Waals surface area contributed by atoms with Gasteiger partial charge in [-0.15, -0.1) is 11.3 Å². The number of nitrogens with zero attached hydrogens (tertiary/aromatic N) is 1. The summed E-state index contributed by atoms with van der Waals surface area (Å²) in [5.41, 5.74) is 1.31. The highest BCUT2D eigenvalue weighted by molar-refractivity contribution is 7.13. The van der Waals surface area contributed by atoms with Gasteiger partial charge in [-0.05, 0) is 24.1 Å². The van der Waals surface area contributed by atoms with Gasteiger partial charge in [0.05, 0.1) is 17.1 Å². The van der Waals surface area contributed by atoms with E-state index in [0.717, 1.165) is 5.56 Å². The highest BCUT2D eigenvalue weighted by Crippen LogP contribution is 2.32. The molecule has 0 aliphatic carbocycles. The zero-order chi connectivity index (χ0) is 18.6. The number of aliphatic carboxylic acids is 1. The smallest absolute Gasteiger partial charge is 0.326 e. The fourth-order valence-electron chi connectivity index (χ4n) is 2.25. The van der Waals surface area contributed by atoms with Gasteiger partial charge in [-0.1, -0.05) is 43.5 Å². The molecule has 1 aromatic carbocycles. The number of thiazole rings is 1. The van der Waals surface area contributed by atoms with Gasteiger partial charge in [-0.2, -0.15) is 0 Å². The van der Waals surface area contributed by atoms with E-state index in [2.05, 4.69) is 10.3 Å². The van der Waals surface area contributed by atoms with Crippen LogP contribution in [0.1, 0.15) is 26.0 Å². The van der Waals surface area contributed by atoms with Crippen molar-refractivity contribution in [2.45, 2.75) is 32.7 Å². The topological polar surface area (TPSA) is 79.3 Å². The Morgan fingerprint density at radius 3 is 2.68 bits per heavy atom. The number of benzene rings is 1. The van der Waals surface area contributed by atoms with Crippen molar-refractivity contribution >= 4 is 46.4 Å². The third-order valence-electron chi connectivity index (χ3n) is 3.85. The fraction of sp³-hybridized carbons (Fsp3) is 0.353. The highest BCUT2D eigenvalue weighted by Gasteiger charge is 2.25. The van der Waals surface area contributed by atoms with Crippen LogP contribution in [0.15, 0.2) is 23.6 Å². The number of carboxylic acid groups (broad SMARTS) is 1. The molecule has 0 aliphatic rings. The van der Waals surface area contributed by atoms with Gasteiger partial charge in [0.15, 0.2) is 0 Å². The molecule has 0 bridgehead atoms. The molecule has 0 aliphatic heterocycles. The first-order valence-corrected chi connectivity index (χ1v) is 9.37. The average molecular weight is 401 g/mol. The third kappa shape index (κ3) is 5.17. The monoisotopic (exact) mass is 400 g/mol. The van der Waals surface area contributed by atoms with E-state index >= 15 is 0 Å². The van der Waals surface area contributed by atoms with Crippen molar-refractivity contribution in [3.8, 4) is 10.6 Å². The Balaban J connectivity index is 2.07. The lowest BCUT2D eigenvalue weighted by Gasteiger charge is -2.19. The van der Waals surface area contributed by atoms with Gasteiger partial charge < -0.3 is 10.4 Å². The van der Waals surface area contributed by atoms with Crippen LogP contribution in [0.4, 0.5) is 0 Å². The number of carbonyl (C=O) groups is 2. The van der Waals surface area contributed by atoms with Crippen LogP contribution < -0.4 is 5.32 Å². The van der Waals surface area contributed by atoms with E-state index < -0.39 is 12.0 Å². The number of rotatable bonds is 7. The van der Waals surface area contributed by atoms with Gasteiger partial charge in [0.1, 0.15) is 11.0 Å². The summed E-state index contributed by atoms with van der Waals surface area (Å²) in [5, 5.41) is 15.3. The Bertz CT molecular complexity index is 779. The number of hydrogen-bond acceptors (Lipinski definition) is 4. The van der Waals surface area contributed by atoms with Crippen molar-refractivity contribution in [1.82, 2.24) is 10.3 Å². The molecule has 2 N–H and O–H groups in total. The van der Waals surface area contributed by atoms with Crippen LogP contribution in [-0.4, -0.2) is 28.0 Å². The summed E-state index contributed by atoms with van der Waals surface area (Å²) in [7, 11) is 0. The van der Waals surface area contributed by atoms with Crippen LogP contribution in [0, 0.1) is 5.92 Å². The minimum Gasteiger partial charge on any atom is -0.480 e. The van der Waals surface area contributed by atoms with E-state index in [9.17, 15) is 14.7 Å². The molecule has 1 aromatic heterocycles. The quantitative estimate of drug-likeness (QED) is 0.726. The Kier molecular flexibility index (Phi) is 6.81. The SMILES string of the molecule is CC[C@H](C)[C@H](NC(=O)Cc1csc(-c2ccc(Cl)cc2Cl)n1)C(=O)O. The fourth-order valence-corrected chi connectivity index (χ4v) is 3.66. The summed E-state index contributed by atoms with van der Waals surface area (Å²) in [4.78, 5) is 27.9. The maximum absolute atomic E-state index is 12.2. The first-order valence-electron chi connectivity index (χ1n) is 7.73. The highest BCUT2D eigenvalue weighted by atomic mass is 35.5. The van der Waals surface area contributed by atoms with Crippen molar-refractivity contribution in [2.75, 3.05) is 0 Å². The first-order chi connectivity index (χ1) is 11.8. The van der Waals surface area contributed by atoms with Crippen molar-refractivity contribution < 1.29 is 14.7 Å². The van der Waals surface area contributed by atoms with Gasteiger partial charge in [0.2, 0.25) is 5.91 Å². The largest absolute Gasteiger partial charge is 0.480 e. The van der Waals surface area contributed by atoms with Crippen molar-refractivity contribution in [1.29, 1.82) is 0 Å². The summed E-state index contributed by atoms with van der Waals surface area (Å²) < 4.78 is 0. The Hall–Kier alpha value is -1.63. The van der Waals surface area contributed by atoms with Crippen LogP contribution in [0.3, 0.4) is 0 Å². The van der Waals surface area contributed by atoms with Crippen molar-refractivity contribution in [3.63, 3.8) is 0 Å². The third-order valence-corrected chi connectivity index (χ3v) is 5.32. The second-order valence-electron chi connectivity index (χ2n) is 5.71. The number of nitrogens with one attached hydrogen (secondary N) is 1. The van der Waals surface area contributed by atoms with Crippen LogP contribution in [0.2, 0.25) is 10.0 Å². The Morgan fingerprint density at radius 1 is 1.36 bits per heavy atom. The number of hydrogen-bond donors (Lipinski definition) is 2. The molecule has 0 fully saturated rings. The molecule has 1 heterocycles. The molecule has 0 radical (unpaired) electrons. The molecule has 134 valence electrons. The van der Waals surface area contributed by atoms with Gasteiger partial charge in [-0.25, -0.2) is 9.78 Å². The average Bonchev–Trinajstić information content (AvgIpc) is 2.99. The van der Waals surface area contributed by atoms with Gasteiger partial charge >= 0.3 is 5.97 Å². The molecule has 2 aromatic rings. The van der Waals surface area contributed by atoms with E-state index in [1.54, 1.807) is 30.5 Å². The zero-order valence-electron chi connectivity index (χ0n) is 13.8.